The Morgan fingerprint density at radius 3 is 2.97 bits per heavy atom. The normalized spacial score (nSPS) is 20.4. The maximum absolute atomic E-state index is 13.8. The summed E-state index contributed by atoms with van der Waals surface area (Å²) >= 11 is 0. The van der Waals surface area contributed by atoms with Crippen molar-refractivity contribution in [3.8, 4) is 17.2 Å². The molecule has 0 radical (unpaired) electrons. The molecule has 1 aliphatic heterocycles. The Labute approximate surface area is 191 Å². The molecule has 0 unspecified atom stereocenters. The van der Waals surface area contributed by atoms with Crippen molar-refractivity contribution >= 4 is 22.1 Å². The number of aromatic nitrogens is 4. The molecule has 0 bridgehead atoms. The third kappa shape index (κ3) is 3.35. The fraction of sp³-hybridized carbons (Fsp3) is 0.440. The van der Waals surface area contributed by atoms with Gasteiger partial charge in [-0.1, -0.05) is 25.8 Å². The monoisotopic (exact) mass is 448 g/mol. The average molecular weight is 449 g/mol. The molecule has 8 nitrogen and oxygen atoms in total. The molecule has 4 aromatic rings. The summed E-state index contributed by atoms with van der Waals surface area (Å²) in [5.41, 5.74) is 2.64. The maximum Gasteiger partial charge on any atom is 0.329 e. The summed E-state index contributed by atoms with van der Waals surface area (Å²) in [6, 6.07) is 7.84. The van der Waals surface area contributed by atoms with Gasteiger partial charge in [0.1, 0.15) is 25.5 Å². The highest BCUT2D eigenvalue weighted by Crippen LogP contribution is 2.39. The summed E-state index contributed by atoms with van der Waals surface area (Å²) in [5.74, 6) is 2.42. The van der Waals surface area contributed by atoms with Gasteiger partial charge in [-0.25, -0.2) is 9.78 Å². The number of benzene rings is 1. The van der Waals surface area contributed by atoms with E-state index >= 15 is 0 Å². The highest BCUT2D eigenvalue weighted by molar-refractivity contribution is 6.01. The van der Waals surface area contributed by atoms with Gasteiger partial charge in [0.15, 0.2) is 11.5 Å². The van der Waals surface area contributed by atoms with Gasteiger partial charge in [0.05, 0.1) is 23.8 Å². The highest BCUT2D eigenvalue weighted by atomic mass is 16.6. The summed E-state index contributed by atoms with van der Waals surface area (Å²) in [7, 11) is 0. The Hall–Kier alpha value is -3.42. The number of hydrogen-bond donors (Lipinski definition) is 1. The molecule has 0 spiro atoms. The molecular formula is C25H28N4O4. The zero-order valence-electron chi connectivity index (χ0n) is 18.8. The summed E-state index contributed by atoms with van der Waals surface area (Å²) < 4.78 is 21.3. The number of ether oxygens (including phenoxy) is 3. The van der Waals surface area contributed by atoms with Crippen molar-refractivity contribution in [2.24, 2.45) is 5.92 Å². The molecule has 33 heavy (non-hydrogen) atoms. The molecule has 1 N–H and O–H groups in total. The van der Waals surface area contributed by atoms with Crippen LogP contribution in [0.5, 0.6) is 17.2 Å². The summed E-state index contributed by atoms with van der Waals surface area (Å²) in [4.78, 5) is 21.5. The minimum Gasteiger partial charge on any atom is -0.488 e. The molecule has 172 valence electrons. The predicted octanol–water partition coefficient (Wildman–Crippen LogP) is 4.28. The Morgan fingerprint density at radius 2 is 2.06 bits per heavy atom. The van der Waals surface area contributed by atoms with Crippen molar-refractivity contribution in [2.75, 3.05) is 19.8 Å². The minimum atomic E-state index is 0.0116. The number of nitrogens with zero attached hydrogens (tertiary/aromatic N) is 3. The standard InChI is InChI=1S/C25H28N4O4/c1-16-5-2-3-6-18(16)29-22-17-9-10-26-24(17)27-15-19(22)28(25(29)30)11-12-31-20-7-4-8-21-23(20)33-14-13-32-21/h4,7-10,15-16,18H,2-3,5-6,11-14H2,1H3,(H,26,27)/t16-,18+/m1/s1. The molecule has 1 fully saturated rings. The van der Waals surface area contributed by atoms with E-state index in [9.17, 15) is 4.79 Å². The second kappa shape index (κ2) is 8.17. The van der Waals surface area contributed by atoms with Gasteiger partial charge < -0.3 is 19.2 Å². The summed E-state index contributed by atoms with van der Waals surface area (Å²) in [6.45, 7) is 4.05. The van der Waals surface area contributed by atoms with Gasteiger partial charge in [0.25, 0.3) is 0 Å². The largest absolute Gasteiger partial charge is 0.488 e. The number of rotatable bonds is 5. The first kappa shape index (κ1) is 20.2. The van der Waals surface area contributed by atoms with Crippen LogP contribution in [0.2, 0.25) is 0 Å². The van der Waals surface area contributed by atoms with Crippen molar-refractivity contribution in [2.45, 2.75) is 45.2 Å². The van der Waals surface area contributed by atoms with Gasteiger partial charge in [-0.3, -0.25) is 9.13 Å². The van der Waals surface area contributed by atoms with E-state index in [1.807, 2.05) is 39.6 Å². The van der Waals surface area contributed by atoms with Crippen LogP contribution in [-0.2, 0) is 6.54 Å². The van der Waals surface area contributed by atoms with E-state index in [4.69, 9.17) is 14.2 Å². The number of aromatic amines is 1. The molecule has 2 atom stereocenters. The van der Waals surface area contributed by atoms with Crippen LogP contribution in [0.25, 0.3) is 22.1 Å². The van der Waals surface area contributed by atoms with E-state index in [1.165, 1.54) is 6.42 Å². The van der Waals surface area contributed by atoms with Crippen LogP contribution in [0, 0.1) is 5.92 Å². The molecule has 1 aromatic carbocycles. The number of H-pyrrole nitrogens is 1. The van der Waals surface area contributed by atoms with E-state index in [0.29, 0.717) is 49.5 Å². The van der Waals surface area contributed by atoms with Gasteiger partial charge >= 0.3 is 5.69 Å². The Balaban J connectivity index is 1.37. The summed E-state index contributed by atoms with van der Waals surface area (Å²) in [6.07, 6.45) is 8.25. The topological polar surface area (TPSA) is 83.3 Å². The van der Waals surface area contributed by atoms with Crippen LogP contribution in [0.3, 0.4) is 0 Å². The predicted molar refractivity (Wildman–Crippen MR) is 125 cm³/mol. The van der Waals surface area contributed by atoms with Gasteiger partial charge in [-0.05, 0) is 37.0 Å². The molecule has 6 rings (SSSR count). The van der Waals surface area contributed by atoms with Crippen molar-refractivity contribution in [1.29, 1.82) is 0 Å². The van der Waals surface area contributed by atoms with Crippen LogP contribution in [0.15, 0.2) is 41.5 Å². The zero-order valence-corrected chi connectivity index (χ0v) is 18.8. The number of nitrogens with one attached hydrogen (secondary N) is 1. The Kier molecular flexibility index (Phi) is 5.00. The zero-order chi connectivity index (χ0) is 22.4. The van der Waals surface area contributed by atoms with Crippen LogP contribution in [0.4, 0.5) is 0 Å². The lowest BCUT2D eigenvalue weighted by Gasteiger charge is -2.29. The van der Waals surface area contributed by atoms with E-state index in [1.54, 1.807) is 6.20 Å². The van der Waals surface area contributed by atoms with Crippen molar-refractivity contribution in [3.05, 3.63) is 47.1 Å². The van der Waals surface area contributed by atoms with Crippen LogP contribution in [-0.4, -0.2) is 38.9 Å². The van der Waals surface area contributed by atoms with Gasteiger partial charge in [0.2, 0.25) is 5.75 Å². The average Bonchev–Trinajstić information content (AvgIpc) is 3.42. The lowest BCUT2D eigenvalue weighted by Crippen LogP contribution is -2.32. The smallest absolute Gasteiger partial charge is 0.329 e. The Bertz CT molecular complexity index is 1370. The SMILES string of the molecule is C[C@@H]1CCCC[C@@H]1n1c(=O)n(CCOc2cccc3c2OCCO3)c2cnc3[nH]ccc3c21. The number of pyridine rings is 1. The number of hydrogen-bond acceptors (Lipinski definition) is 5. The fourth-order valence-corrected chi connectivity index (χ4v) is 5.37. The quantitative estimate of drug-likeness (QED) is 0.493. The van der Waals surface area contributed by atoms with E-state index in [0.717, 1.165) is 41.3 Å². The molecule has 4 heterocycles. The van der Waals surface area contributed by atoms with Crippen molar-refractivity contribution < 1.29 is 14.2 Å². The van der Waals surface area contributed by atoms with Crippen LogP contribution < -0.4 is 19.9 Å². The van der Waals surface area contributed by atoms with Crippen LogP contribution >= 0.6 is 0 Å². The van der Waals surface area contributed by atoms with Crippen LogP contribution in [0.1, 0.15) is 38.6 Å². The molecule has 8 heteroatoms. The molecule has 0 amide bonds. The third-order valence-corrected chi connectivity index (χ3v) is 7.01. The second-order valence-corrected chi connectivity index (χ2v) is 8.99. The lowest BCUT2D eigenvalue weighted by atomic mass is 9.85. The first-order valence-corrected chi connectivity index (χ1v) is 11.8. The lowest BCUT2D eigenvalue weighted by molar-refractivity contribution is 0.161. The fourth-order valence-electron chi connectivity index (χ4n) is 5.37. The van der Waals surface area contributed by atoms with E-state index in [2.05, 4.69) is 16.9 Å². The second-order valence-electron chi connectivity index (χ2n) is 8.99. The molecule has 2 aliphatic rings. The van der Waals surface area contributed by atoms with Crippen molar-refractivity contribution in [3.63, 3.8) is 0 Å². The highest BCUT2D eigenvalue weighted by Gasteiger charge is 2.29. The molecule has 0 saturated heterocycles. The maximum atomic E-state index is 13.8. The van der Waals surface area contributed by atoms with Gasteiger partial charge in [-0.15, -0.1) is 0 Å². The van der Waals surface area contributed by atoms with Crippen molar-refractivity contribution in [1.82, 2.24) is 19.1 Å². The molecule has 1 aliphatic carbocycles. The van der Waals surface area contributed by atoms with E-state index < -0.39 is 0 Å². The summed E-state index contributed by atoms with van der Waals surface area (Å²) in [5, 5.41) is 0.990. The first-order valence-electron chi connectivity index (χ1n) is 11.8. The number of fused-ring (bicyclic) bond motifs is 4. The van der Waals surface area contributed by atoms with Gasteiger partial charge in [0, 0.05) is 17.6 Å². The Morgan fingerprint density at radius 1 is 1.18 bits per heavy atom. The number of imidazole rings is 1. The van der Waals surface area contributed by atoms with Gasteiger partial charge in [-0.2, -0.15) is 0 Å². The molecular weight excluding hydrogens is 420 g/mol. The number of para-hydroxylation sites is 1. The third-order valence-electron chi connectivity index (χ3n) is 7.01. The molecule has 1 saturated carbocycles. The minimum absolute atomic E-state index is 0.0116. The van der Waals surface area contributed by atoms with E-state index in [-0.39, 0.29) is 11.7 Å². The first-order chi connectivity index (χ1) is 16.2. The molecule has 3 aromatic heterocycles.